The van der Waals surface area contributed by atoms with Gasteiger partial charge in [-0.05, 0) is 37.0 Å². The van der Waals surface area contributed by atoms with Gasteiger partial charge in [0, 0.05) is 0 Å². The lowest BCUT2D eigenvalue weighted by Crippen LogP contribution is -2.41. The molecule has 1 aromatic carbocycles. The summed E-state index contributed by atoms with van der Waals surface area (Å²) in [6.07, 6.45) is 16.6. The topological polar surface area (TPSA) is 52.6 Å². The van der Waals surface area contributed by atoms with Crippen LogP contribution in [0.2, 0.25) is 0 Å². The van der Waals surface area contributed by atoms with E-state index in [4.69, 9.17) is 9.47 Å². The number of rotatable bonds is 20. The number of carbonyl (C=O) groups excluding carboxylic acids is 2. The summed E-state index contributed by atoms with van der Waals surface area (Å²) in [5, 5.41) is 0. The van der Waals surface area contributed by atoms with E-state index in [0.29, 0.717) is 5.56 Å². The molecule has 0 radical (unpaired) electrons. The second-order valence-corrected chi connectivity index (χ2v) is 9.49. The Morgan fingerprint density at radius 2 is 1.17 bits per heavy atom. The molecule has 0 aromatic heterocycles. The van der Waals surface area contributed by atoms with Crippen molar-refractivity contribution in [1.29, 1.82) is 0 Å². The number of carbonyl (C=O) groups is 2. The molecule has 0 heterocycles. The van der Waals surface area contributed by atoms with Crippen LogP contribution in [0.5, 0.6) is 0 Å². The van der Waals surface area contributed by atoms with Crippen molar-refractivity contribution in [2.24, 2.45) is 5.41 Å². The van der Waals surface area contributed by atoms with E-state index in [0.717, 1.165) is 31.4 Å². The van der Waals surface area contributed by atoms with Crippen LogP contribution in [0.1, 0.15) is 123 Å². The minimum Gasteiger partial charge on any atom is -0.465 e. The van der Waals surface area contributed by atoms with Crippen molar-refractivity contribution in [3.05, 3.63) is 35.4 Å². The van der Waals surface area contributed by atoms with Crippen molar-refractivity contribution in [2.75, 3.05) is 6.61 Å². The molecule has 4 nitrogen and oxygen atoms in total. The van der Waals surface area contributed by atoms with E-state index < -0.39 is 29.0 Å². The highest BCUT2D eigenvalue weighted by Crippen LogP contribution is 2.31. The van der Waals surface area contributed by atoms with Crippen molar-refractivity contribution in [3.63, 3.8) is 0 Å². The van der Waals surface area contributed by atoms with Crippen LogP contribution in [-0.4, -0.2) is 18.5 Å². The van der Waals surface area contributed by atoms with Crippen molar-refractivity contribution < 1.29 is 27.8 Å². The summed E-state index contributed by atoms with van der Waals surface area (Å²) >= 11 is 0. The molecule has 0 unspecified atom stereocenters. The van der Waals surface area contributed by atoms with Gasteiger partial charge >= 0.3 is 11.9 Å². The highest BCUT2D eigenvalue weighted by Gasteiger charge is 2.45. The predicted octanol–water partition coefficient (Wildman–Crippen LogP) is 8.45. The van der Waals surface area contributed by atoms with Crippen LogP contribution in [-0.2, 0) is 25.7 Å². The van der Waals surface area contributed by atoms with Gasteiger partial charge < -0.3 is 9.47 Å². The molecule has 0 fully saturated rings. The van der Waals surface area contributed by atoms with Gasteiger partial charge in [-0.15, -0.1) is 0 Å². The molecule has 1 rings (SSSR count). The van der Waals surface area contributed by atoms with E-state index in [9.17, 15) is 18.4 Å². The zero-order chi connectivity index (χ0) is 25.9. The Labute approximate surface area is 211 Å². The maximum Gasteiger partial charge on any atom is 0.323 e. The van der Waals surface area contributed by atoms with Gasteiger partial charge in [-0.1, -0.05) is 104 Å². The van der Waals surface area contributed by atoms with Crippen molar-refractivity contribution >= 4 is 11.9 Å². The first-order valence-electron chi connectivity index (χ1n) is 13.7. The normalized spacial score (nSPS) is 11.5. The Bertz CT molecular complexity index is 731. The fourth-order valence-corrected chi connectivity index (χ4v) is 4.25. The molecule has 0 aliphatic rings. The van der Waals surface area contributed by atoms with E-state index in [-0.39, 0.29) is 26.1 Å². The molecule has 0 saturated carbocycles. The van der Waals surface area contributed by atoms with Gasteiger partial charge in [0.25, 0.3) is 0 Å². The highest BCUT2D eigenvalue weighted by molar-refractivity contribution is 5.99. The number of benzene rings is 1. The summed E-state index contributed by atoms with van der Waals surface area (Å²) in [6, 6.07) is 3.31. The Hall–Kier alpha value is -1.98. The van der Waals surface area contributed by atoms with Crippen LogP contribution in [0.3, 0.4) is 0 Å². The summed E-state index contributed by atoms with van der Waals surface area (Å²) in [7, 11) is 0. The van der Waals surface area contributed by atoms with Gasteiger partial charge in [-0.25, -0.2) is 8.78 Å². The number of esters is 2. The summed E-state index contributed by atoms with van der Waals surface area (Å²) in [6.45, 7) is 5.79. The monoisotopic (exact) mass is 496 g/mol. The minimum absolute atomic E-state index is 0.232. The smallest absolute Gasteiger partial charge is 0.323 e. The summed E-state index contributed by atoms with van der Waals surface area (Å²) < 4.78 is 37.2. The first-order chi connectivity index (χ1) is 16.9. The molecule has 0 aliphatic carbocycles. The molecule has 0 atom stereocenters. The third kappa shape index (κ3) is 11.5. The Balaban J connectivity index is 2.24. The summed E-state index contributed by atoms with van der Waals surface area (Å²) in [5.41, 5.74) is -1.06. The molecule has 35 heavy (non-hydrogen) atoms. The van der Waals surface area contributed by atoms with Crippen molar-refractivity contribution in [3.8, 4) is 0 Å². The largest absolute Gasteiger partial charge is 0.465 e. The Morgan fingerprint density at radius 3 is 1.66 bits per heavy atom. The molecule has 0 N–H and O–H groups in total. The van der Waals surface area contributed by atoms with E-state index in [1.54, 1.807) is 13.8 Å². The quantitative estimate of drug-likeness (QED) is 0.103. The van der Waals surface area contributed by atoms with Gasteiger partial charge in [0.15, 0.2) is 17.0 Å². The van der Waals surface area contributed by atoms with E-state index in [1.807, 2.05) is 0 Å². The Kier molecular flexibility index (Phi) is 16.2. The zero-order valence-corrected chi connectivity index (χ0v) is 22.1. The standard InChI is InChI=1S/C29H46F2O4/c1-4-7-8-9-10-11-12-13-14-15-16-17-18-21-34-27(32)29(5-2,6-3)28(33)35-23-24-19-20-25(30)26(31)22-24/h19-20,22H,4-18,21,23H2,1-3H3. The van der Waals surface area contributed by atoms with Crippen LogP contribution in [0.25, 0.3) is 0 Å². The summed E-state index contributed by atoms with van der Waals surface area (Å²) in [5.74, 6) is -3.24. The number of hydrogen-bond acceptors (Lipinski definition) is 4. The molecule has 0 aliphatic heterocycles. The van der Waals surface area contributed by atoms with Crippen molar-refractivity contribution in [1.82, 2.24) is 0 Å². The maximum absolute atomic E-state index is 13.4. The van der Waals surface area contributed by atoms with Gasteiger partial charge in [0.05, 0.1) is 6.61 Å². The fourth-order valence-electron chi connectivity index (χ4n) is 4.25. The first kappa shape index (κ1) is 31.1. The average Bonchev–Trinajstić information content (AvgIpc) is 2.86. The predicted molar refractivity (Wildman–Crippen MR) is 136 cm³/mol. The van der Waals surface area contributed by atoms with Gasteiger partial charge in [0.2, 0.25) is 0 Å². The molecule has 200 valence electrons. The maximum atomic E-state index is 13.4. The molecule has 0 amide bonds. The summed E-state index contributed by atoms with van der Waals surface area (Å²) in [4.78, 5) is 25.5. The molecular weight excluding hydrogens is 450 g/mol. The molecule has 1 aromatic rings. The fraction of sp³-hybridized carbons (Fsp3) is 0.724. The van der Waals surface area contributed by atoms with Gasteiger partial charge in [-0.2, -0.15) is 0 Å². The first-order valence-corrected chi connectivity index (χ1v) is 13.7. The third-order valence-electron chi connectivity index (χ3n) is 6.82. The van der Waals surface area contributed by atoms with Crippen LogP contribution in [0, 0.1) is 17.0 Å². The second kappa shape index (κ2) is 18.3. The molecule has 0 spiro atoms. The van der Waals surface area contributed by atoms with E-state index >= 15 is 0 Å². The van der Waals surface area contributed by atoms with Crippen LogP contribution in [0.4, 0.5) is 8.78 Å². The van der Waals surface area contributed by atoms with Crippen LogP contribution in [0.15, 0.2) is 18.2 Å². The average molecular weight is 497 g/mol. The van der Waals surface area contributed by atoms with Gasteiger partial charge in [0.1, 0.15) is 6.61 Å². The van der Waals surface area contributed by atoms with Crippen molar-refractivity contribution in [2.45, 2.75) is 124 Å². The number of unbranched alkanes of at least 4 members (excludes halogenated alkanes) is 12. The van der Waals surface area contributed by atoms with E-state index in [2.05, 4.69) is 6.92 Å². The van der Waals surface area contributed by atoms with Crippen LogP contribution < -0.4 is 0 Å². The molecule has 0 bridgehead atoms. The lowest BCUT2D eigenvalue weighted by molar-refractivity contribution is -0.174. The third-order valence-corrected chi connectivity index (χ3v) is 6.82. The second-order valence-electron chi connectivity index (χ2n) is 9.49. The number of hydrogen-bond donors (Lipinski definition) is 0. The molecular formula is C29H46F2O4. The van der Waals surface area contributed by atoms with E-state index in [1.165, 1.54) is 70.3 Å². The SMILES string of the molecule is CCCCCCCCCCCCCCCOC(=O)C(CC)(CC)C(=O)OCc1ccc(F)c(F)c1. The highest BCUT2D eigenvalue weighted by atomic mass is 19.2. The lowest BCUT2D eigenvalue weighted by Gasteiger charge is -2.27. The number of halogens is 2. The molecule has 0 saturated heterocycles. The molecule has 6 heteroatoms. The number of ether oxygens (including phenoxy) is 2. The van der Waals surface area contributed by atoms with Crippen LogP contribution >= 0.6 is 0 Å². The Morgan fingerprint density at radius 1 is 0.686 bits per heavy atom. The minimum atomic E-state index is -1.38. The van der Waals surface area contributed by atoms with Gasteiger partial charge in [-0.3, -0.25) is 9.59 Å². The lowest BCUT2D eigenvalue weighted by atomic mass is 9.82. The zero-order valence-electron chi connectivity index (χ0n) is 22.1.